The molecule has 0 saturated carbocycles. The van der Waals surface area contributed by atoms with Crippen LogP contribution in [0.15, 0.2) is 97.2 Å². The highest BCUT2D eigenvalue weighted by atomic mass is 16.5. The number of hydrogen-bond acceptors (Lipinski definition) is 3. The molecule has 1 N–H and O–H groups in total. The lowest BCUT2D eigenvalue weighted by Gasteiger charge is -2.31. The van der Waals surface area contributed by atoms with Crippen molar-refractivity contribution in [2.45, 2.75) is 39.8 Å². The second-order valence-corrected chi connectivity index (χ2v) is 9.95. The quantitative estimate of drug-likeness (QED) is 0.255. The largest absolute Gasteiger partial charge is 0.494 e. The molecule has 2 amide bonds. The summed E-state index contributed by atoms with van der Waals surface area (Å²) in [4.78, 5) is 16.0. The third-order valence-electron chi connectivity index (χ3n) is 7.47. The number of amides is 2. The third kappa shape index (κ3) is 4.64. The predicted octanol–water partition coefficient (Wildman–Crippen LogP) is 7.07. The number of benzene rings is 3. The molecule has 3 aromatic carbocycles. The molecule has 7 nitrogen and oxygen atoms in total. The number of nitrogens with zero attached hydrogens (tertiary/aromatic N) is 4. The zero-order valence-electron chi connectivity index (χ0n) is 23.0. The second kappa shape index (κ2) is 10.8. The van der Waals surface area contributed by atoms with E-state index in [0.29, 0.717) is 13.2 Å². The molecule has 3 heterocycles. The van der Waals surface area contributed by atoms with Crippen molar-refractivity contribution in [2.75, 3.05) is 11.9 Å². The number of hydrogen-bond donors (Lipinski definition) is 1. The number of para-hydroxylation sites is 1. The van der Waals surface area contributed by atoms with Gasteiger partial charge in [-0.2, -0.15) is 5.10 Å². The summed E-state index contributed by atoms with van der Waals surface area (Å²) in [6, 6.07) is 29.8. The van der Waals surface area contributed by atoms with Crippen molar-refractivity contribution in [3.05, 3.63) is 125 Å². The Morgan fingerprint density at radius 1 is 0.950 bits per heavy atom. The van der Waals surface area contributed by atoms with Crippen molar-refractivity contribution in [2.24, 2.45) is 0 Å². The third-order valence-corrected chi connectivity index (χ3v) is 7.47. The average molecular weight is 532 g/mol. The fourth-order valence-electron chi connectivity index (χ4n) is 5.43. The smallest absolute Gasteiger partial charge is 0.322 e. The van der Waals surface area contributed by atoms with Gasteiger partial charge in [0, 0.05) is 17.4 Å². The fraction of sp³-hybridized carbons (Fsp3) is 0.212. The molecule has 0 radical (unpaired) electrons. The Kier molecular flexibility index (Phi) is 6.86. The molecule has 0 unspecified atom stereocenters. The van der Waals surface area contributed by atoms with Crippen molar-refractivity contribution in [3.63, 3.8) is 0 Å². The van der Waals surface area contributed by atoms with Crippen LogP contribution in [0, 0.1) is 6.92 Å². The summed E-state index contributed by atoms with van der Waals surface area (Å²) < 4.78 is 9.86. The monoisotopic (exact) mass is 531 g/mol. The van der Waals surface area contributed by atoms with Gasteiger partial charge in [0.1, 0.15) is 11.6 Å². The summed E-state index contributed by atoms with van der Waals surface area (Å²) in [6.07, 6.45) is 3.01. The molecule has 40 heavy (non-hydrogen) atoms. The Morgan fingerprint density at radius 2 is 1.70 bits per heavy atom. The van der Waals surface area contributed by atoms with Gasteiger partial charge in [0.25, 0.3) is 0 Å². The Bertz CT molecular complexity index is 1620. The second-order valence-electron chi connectivity index (χ2n) is 9.95. The van der Waals surface area contributed by atoms with E-state index in [9.17, 15) is 4.79 Å². The summed E-state index contributed by atoms with van der Waals surface area (Å²) in [6.45, 7) is 7.10. The lowest BCUT2D eigenvalue weighted by atomic mass is 10.0. The van der Waals surface area contributed by atoms with Crippen LogP contribution in [0.25, 0.3) is 11.5 Å². The highest BCUT2D eigenvalue weighted by Crippen LogP contribution is 2.39. The van der Waals surface area contributed by atoms with E-state index in [1.54, 1.807) is 0 Å². The van der Waals surface area contributed by atoms with Crippen molar-refractivity contribution in [1.82, 2.24) is 19.2 Å². The Morgan fingerprint density at radius 3 is 2.40 bits per heavy atom. The van der Waals surface area contributed by atoms with E-state index in [1.165, 1.54) is 5.56 Å². The van der Waals surface area contributed by atoms with Crippen LogP contribution in [0.5, 0.6) is 5.75 Å². The molecule has 6 rings (SSSR count). The number of aryl methyl sites for hydroxylation is 2. The minimum absolute atomic E-state index is 0.171. The number of nitrogens with one attached hydrogen (secondary N) is 1. The van der Waals surface area contributed by atoms with Crippen LogP contribution in [0.2, 0.25) is 0 Å². The topological polar surface area (TPSA) is 64.3 Å². The number of ether oxygens (including phenoxy) is 1. The molecule has 7 heteroatoms. The van der Waals surface area contributed by atoms with E-state index in [1.807, 2.05) is 72.0 Å². The molecular weight excluding hydrogens is 498 g/mol. The summed E-state index contributed by atoms with van der Waals surface area (Å²) in [5.41, 5.74) is 6.84. The molecular formula is C33H33N5O2. The molecule has 0 saturated heterocycles. The van der Waals surface area contributed by atoms with Crippen molar-refractivity contribution in [1.29, 1.82) is 0 Å². The van der Waals surface area contributed by atoms with Crippen molar-refractivity contribution >= 4 is 11.7 Å². The van der Waals surface area contributed by atoms with Gasteiger partial charge in [0.05, 0.1) is 36.3 Å². The maximum Gasteiger partial charge on any atom is 0.322 e. The maximum atomic E-state index is 14.1. The van der Waals surface area contributed by atoms with Crippen LogP contribution in [-0.2, 0) is 13.0 Å². The van der Waals surface area contributed by atoms with E-state index in [0.717, 1.165) is 51.9 Å². The van der Waals surface area contributed by atoms with Gasteiger partial charge in [-0.15, -0.1) is 0 Å². The molecule has 1 aliphatic heterocycles. The summed E-state index contributed by atoms with van der Waals surface area (Å²) >= 11 is 0. The number of rotatable bonds is 6. The average Bonchev–Trinajstić information content (AvgIpc) is 3.55. The lowest BCUT2D eigenvalue weighted by molar-refractivity contribution is 0.194. The van der Waals surface area contributed by atoms with Gasteiger partial charge in [-0.1, -0.05) is 49.4 Å². The van der Waals surface area contributed by atoms with E-state index in [4.69, 9.17) is 9.84 Å². The van der Waals surface area contributed by atoms with Gasteiger partial charge in [-0.25, -0.2) is 9.48 Å². The number of carbonyl (C=O) groups is 1. The summed E-state index contributed by atoms with van der Waals surface area (Å²) in [7, 11) is 0. The molecule has 5 aromatic rings. The van der Waals surface area contributed by atoms with Gasteiger partial charge in [0.2, 0.25) is 0 Å². The van der Waals surface area contributed by atoms with Gasteiger partial charge in [0.15, 0.2) is 0 Å². The van der Waals surface area contributed by atoms with Crippen LogP contribution in [-0.4, -0.2) is 31.9 Å². The highest BCUT2D eigenvalue weighted by Gasteiger charge is 2.36. The summed E-state index contributed by atoms with van der Waals surface area (Å²) in [5.74, 6) is 1.75. The highest BCUT2D eigenvalue weighted by molar-refractivity contribution is 5.90. The minimum atomic E-state index is -0.336. The first kappa shape index (κ1) is 25.5. The zero-order chi connectivity index (χ0) is 27.6. The molecule has 0 spiro atoms. The Balaban J connectivity index is 1.49. The molecule has 2 aromatic heterocycles. The molecule has 0 aliphatic carbocycles. The number of urea groups is 1. The van der Waals surface area contributed by atoms with Crippen LogP contribution in [0.3, 0.4) is 0 Å². The van der Waals surface area contributed by atoms with E-state index in [2.05, 4.69) is 65.5 Å². The van der Waals surface area contributed by atoms with Crippen LogP contribution in [0.1, 0.15) is 48.0 Å². The number of carbonyl (C=O) groups excluding carboxylic acids is 1. The molecule has 202 valence electrons. The minimum Gasteiger partial charge on any atom is -0.494 e. The zero-order valence-corrected chi connectivity index (χ0v) is 23.0. The van der Waals surface area contributed by atoms with E-state index >= 15 is 0 Å². The van der Waals surface area contributed by atoms with Crippen molar-refractivity contribution in [3.8, 4) is 17.3 Å². The molecule has 0 bridgehead atoms. The molecule has 0 fully saturated rings. The number of aromatic nitrogens is 3. The van der Waals surface area contributed by atoms with E-state index < -0.39 is 0 Å². The molecule has 1 atom stereocenters. The van der Waals surface area contributed by atoms with Crippen LogP contribution >= 0.6 is 0 Å². The first-order valence-corrected chi connectivity index (χ1v) is 13.8. The SMILES string of the molecule is CCOc1ccc([C@H]2c3cccn3-c3c(c(C)nn3-c3ccccc3)CN2C(=O)Nc2ccc(CC)cc2)cc1. The standard InChI is InChI=1S/C33H33N5O2/c1-4-24-13-17-26(18-14-24)34-33(39)37-22-29-23(3)35-38(27-10-7-6-8-11-27)32(29)36-21-9-12-30(36)31(37)25-15-19-28(20-16-25)40-5-2/h6-21,31H,4-5,22H2,1-3H3,(H,34,39)/t31-/m0/s1. The van der Waals surface area contributed by atoms with Gasteiger partial charge < -0.3 is 19.5 Å². The first-order chi connectivity index (χ1) is 19.6. The Hall–Kier alpha value is -4.78. The number of anilines is 1. The normalized spacial score (nSPS) is 14.3. The van der Waals surface area contributed by atoms with Gasteiger partial charge >= 0.3 is 6.03 Å². The van der Waals surface area contributed by atoms with Crippen molar-refractivity contribution < 1.29 is 9.53 Å². The van der Waals surface area contributed by atoms with E-state index in [-0.39, 0.29) is 12.1 Å². The maximum absolute atomic E-state index is 14.1. The fourth-order valence-corrected chi connectivity index (χ4v) is 5.43. The van der Waals surface area contributed by atoms with Gasteiger partial charge in [-0.05, 0) is 79.9 Å². The first-order valence-electron chi connectivity index (χ1n) is 13.8. The Labute approximate surface area is 234 Å². The summed E-state index contributed by atoms with van der Waals surface area (Å²) in [5, 5.41) is 8.09. The predicted molar refractivity (Wildman–Crippen MR) is 157 cm³/mol. The van der Waals surface area contributed by atoms with Crippen LogP contribution < -0.4 is 10.1 Å². The number of fused-ring (bicyclic) bond motifs is 3. The lowest BCUT2D eigenvalue weighted by Crippen LogP contribution is -2.38. The molecule has 1 aliphatic rings. The van der Waals surface area contributed by atoms with Crippen LogP contribution in [0.4, 0.5) is 10.5 Å². The van der Waals surface area contributed by atoms with Gasteiger partial charge in [-0.3, -0.25) is 0 Å².